The molecule has 1 heterocycles. The minimum absolute atomic E-state index is 0. The third-order valence-electron chi connectivity index (χ3n) is 4.31. The van der Waals surface area contributed by atoms with Gasteiger partial charge in [-0.2, -0.15) is 22.7 Å². The van der Waals surface area contributed by atoms with Crippen LogP contribution >= 0.6 is 12.4 Å². The lowest BCUT2D eigenvalue weighted by atomic mass is 9.98. The highest BCUT2D eigenvalue weighted by Gasteiger charge is 2.35. The van der Waals surface area contributed by atoms with Gasteiger partial charge in [0.15, 0.2) is 0 Å². The summed E-state index contributed by atoms with van der Waals surface area (Å²) in [7, 11) is -3.91. The van der Waals surface area contributed by atoms with Crippen molar-refractivity contribution in [3.63, 3.8) is 0 Å². The lowest BCUT2D eigenvalue weighted by Crippen LogP contribution is -2.40. The van der Waals surface area contributed by atoms with E-state index >= 15 is 0 Å². The van der Waals surface area contributed by atoms with Crippen molar-refractivity contribution >= 4 is 22.4 Å². The van der Waals surface area contributed by atoms with E-state index in [-0.39, 0.29) is 17.3 Å². The van der Waals surface area contributed by atoms with Crippen LogP contribution in [0, 0.1) is 17.2 Å². The highest BCUT2D eigenvalue weighted by Crippen LogP contribution is 2.33. The zero-order valence-electron chi connectivity index (χ0n) is 14.2. The van der Waals surface area contributed by atoms with E-state index in [4.69, 9.17) is 5.26 Å². The molecule has 26 heavy (non-hydrogen) atoms. The van der Waals surface area contributed by atoms with Crippen molar-refractivity contribution in [2.24, 2.45) is 5.92 Å². The quantitative estimate of drug-likeness (QED) is 0.808. The number of rotatable bonds is 5. The Bertz CT molecular complexity index is 755. The summed E-state index contributed by atoms with van der Waals surface area (Å²) in [6.07, 6.45) is -3.31. The summed E-state index contributed by atoms with van der Waals surface area (Å²) >= 11 is 0. The fourth-order valence-electron chi connectivity index (χ4n) is 2.87. The molecule has 1 N–H and O–H groups in total. The Morgan fingerprint density at radius 2 is 1.92 bits per heavy atom. The largest absolute Gasteiger partial charge is 0.417 e. The topological polar surface area (TPSA) is 73.2 Å². The predicted molar refractivity (Wildman–Crippen MR) is 93.4 cm³/mol. The van der Waals surface area contributed by atoms with Gasteiger partial charge in [-0.15, -0.1) is 12.4 Å². The molecule has 1 fully saturated rings. The van der Waals surface area contributed by atoms with Crippen LogP contribution in [0.5, 0.6) is 0 Å². The Balaban J connectivity index is 0.00000338. The molecule has 0 bridgehead atoms. The maximum absolute atomic E-state index is 12.8. The zero-order chi connectivity index (χ0) is 18.7. The van der Waals surface area contributed by atoms with E-state index in [1.54, 1.807) is 0 Å². The molecule has 1 aliphatic heterocycles. The third kappa shape index (κ3) is 5.10. The van der Waals surface area contributed by atoms with Crippen molar-refractivity contribution in [3.8, 4) is 6.07 Å². The highest BCUT2D eigenvalue weighted by atomic mass is 35.5. The van der Waals surface area contributed by atoms with Crippen molar-refractivity contribution in [1.29, 1.82) is 5.26 Å². The van der Waals surface area contributed by atoms with Crippen LogP contribution < -0.4 is 5.32 Å². The molecule has 146 valence electrons. The number of halogens is 4. The Labute approximate surface area is 157 Å². The van der Waals surface area contributed by atoms with E-state index in [0.717, 1.165) is 25.2 Å². The van der Waals surface area contributed by atoms with Gasteiger partial charge in [0.25, 0.3) is 0 Å². The molecule has 1 aromatic carbocycles. The number of benzene rings is 1. The molecule has 2 rings (SSSR count). The summed E-state index contributed by atoms with van der Waals surface area (Å²) in [5, 5.41) is 12.2. The molecule has 0 amide bonds. The summed E-state index contributed by atoms with van der Waals surface area (Å²) in [4.78, 5) is -0.276. The molecule has 0 unspecified atom stereocenters. The molecule has 0 spiro atoms. The van der Waals surface area contributed by atoms with E-state index < -0.39 is 27.3 Å². The van der Waals surface area contributed by atoms with Gasteiger partial charge in [-0.1, -0.05) is 6.92 Å². The first-order valence-electron chi connectivity index (χ1n) is 8.02. The molecule has 1 aliphatic rings. The minimum atomic E-state index is -4.70. The molecule has 5 nitrogen and oxygen atoms in total. The molecule has 0 aromatic heterocycles. The maximum Gasteiger partial charge on any atom is 0.417 e. The van der Waals surface area contributed by atoms with E-state index in [1.807, 2.05) is 6.92 Å². The van der Waals surface area contributed by atoms with Gasteiger partial charge in [-0.05, 0) is 50.0 Å². The molecular formula is C16H21ClF3N3O2S. The van der Waals surface area contributed by atoms with Gasteiger partial charge in [0, 0.05) is 13.1 Å². The fraction of sp³-hybridized carbons (Fsp3) is 0.562. The average Bonchev–Trinajstić information content (AvgIpc) is 2.58. The summed E-state index contributed by atoms with van der Waals surface area (Å²) < 4.78 is 65.1. The first kappa shape index (κ1) is 22.7. The average molecular weight is 412 g/mol. The number of alkyl halides is 3. The van der Waals surface area contributed by atoms with Crippen LogP contribution in [0.3, 0.4) is 0 Å². The maximum atomic E-state index is 12.8. The number of nitrogens with zero attached hydrogens (tertiary/aromatic N) is 2. The van der Waals surface area contributed by atoms with Crippen LogP contribution in [0.2, 0.25) is 0 Å². The van der Waals surface area contributed by atoms with Crippen molar-refractivity contribution in [1.82, 2.24) is 9.62 Å². The first-order valence-corrected chi connectivity index (χ1v) is 9.46. The van der Waals surface area contributed by atoms with Crippen molar-refractivity contribution in [2.75, 3.05) is 26.2 Å². The van der Waals surface area contributed by atoms with Crippen LogP contribution in [-0.4, -0.2) is 38.9 Å². The van der Waals surface area contributed by atoms with Crippen LogP contribution in [0.25, 0.3) is 0 Å². The number of hydrogen-bond acceptors (Lipinski definition) is 4. The standard InChI is InChI=1S/C16H20F3N3O2S.ClH/c1-2-21-11-12-5-7-22(8-6-12)25(23,24)14-3-4-15(16(17,18)19)13(9-14)10-20;/h3-4,9,12,21H,2,5-8,11H2,1H3;1H. The van der Waals surface area contributed by atoms with Gasteiger partial charge in [0.05, 0.1) is 22.1 Å². The lowest BCUT2D eigenvalue weighted by molar-refractivity contribution is -0.137. The second-order valence-electron chi connectivity index (χ2n) is 5.97. The minimum Gasteiger partial charge on any atom is -0.317 e. The Kier molecular flexibility index (Phi) is 7.89. The number of piperidine rings is 1. The predicted octanol–water partition coefficient (Wildman–Crippen LogP) is 3.01. The van der Waals surface area contributed by atoms with Gasteiger partial charge in [0.2, 0.25) is 10.0 Å². The number of sulfonamides is 1. The third-order valence-corrected chi connectivity index (χ3v) is 6.21. The van der Waals surface area contributed by atoms with E-state index in [2.05, 4.69) is 5.32 Å². The van der Waals surface area contributed by atoms with Crippen molar-refractivity contribution < 1.29 is 21.6 Å². The summed E-state index contributed by atoms with van der Waals surface area (Å²) in [5.74, 6) is 0.383. The van der Waals surface area contributed by atoms with Crippen LogP contribution in [-0.2, 0) is 16.2 Å². The first-order chi connectivity index (χ1) is 11.7. The van der Waals surface area contributed by atoms with E-state index in [0.29, 0.717) is 37.9 Å². The number of nitrogens with one attached hydrogen (secondary N) is 1. The number of nitriles is 1. The summed E-state index contributed by atoms with van der Waals surface area (Å²) in [6.45, 7) is 4.31. The Morgan fingerprint density at radius 3 is 2.42 bits per heavy atom. The Hall–Kier alpha value is -1.34. The Morgan fingerprint density at radius 1 is 1.31 bits per heavy atom. The van der Waals surface area contributed by atoms with Gasteiger partial charge in [-0.3, -0.25) is 0 Å². The summed E-state index contributed by atoms with van der Waals surface area (Å²) in [6, 6.07) is 3.82. The molecule has 1 saturated heterocycles. The molecule has 1 aromatic rings. The highest BCUT2D eigenvalue weighted by molar-refractivity contribution is 7.89. The van der Waals surface area contributed by atoms with E-state index in [1.165, 1.54) is 10.4 Å². The molecule has 0 saturated carbocycles. The molecular weight excluding hydrogens is 391 g/mol. The van der Waals surface area contributed by atoms with Gasteiger partial charge in [0.1, 0.15) is 0 Å². The van der Waals surface area contributed by atoms with Gasteiger partial charge < -0.3 is 5.32 Å². The zero-order valence-corrected chi connectivity index (χ0v) is 15.8. The fourth-order valence-corrected chi connectivity index (χ4v) is 4.37. The SMILES string of the molecule is CCNCC1CCN(S(=O)(=O)c2ccc(C(F)(F)F)c(C#N)c2)CC1.Cl. The van der Waals surface area contributed by atoms with Crippen LogP contribution in [0.15, 0.2) is 23.1 Å². The summed E-state index contributed by atoms with van der Waals surface area (Å²) in [5.41, 5.74) is -1.81. The normalized spacial score (nSPS) is 16.7. The smallest absolute Gasteiger partial charge is 0.317 e. The van der Waals surface area contributed by atoms with Crippen molar-refractivity contribution in [2.45, 2.75) is 30.8 Å². The molecule has 10 heteroatoms. The van der Waals surface area contributed by atoms with Crippen LogP contribution in [0.4, 0.5) is 13.2 Å². The second kappa shape index (κ2) is 9.04. The monoisotopic (exact) mass is 411 g/mol. The molecule has 0 aliphatic carbocycles. The van der Waals surface area contributed by atoms with Crippen molar-refractivity contribution in [3.05, 3.63) is 29.3 Å². The second-order valence-corrected chi connectivity index (χ2v) is 7.91. The van der Waals surface area contributed by atoms with Crippen LogP contribution in [0.1, 0.15) is 30.9 Å². The molecule has 0 radical (unpaired) electrons. The molecule has 0 atom stereocenters. The van der Waals surface area contributed by atoms with Gasteiger partial charge >= 0.3 is 6.18 Å². The number of hydrogen-bond donors (Lipinski definition) is 1. The van der Waals surface area contributed by atoms with Gasteiger partial charge in [-0.25, -0.2) is 8.42 Å². The lowest BCUT2D eigenvalue weighted by Gasteiger charge is -2.31. The van der Waals surface area contributed by atoms with E-state index in [9.17, 15) is 21.6 Å².